The van der Waals surface area contributed by atoms with Crippen molar-refractivity contribution in [3.8, 4) is 11.5 Å². The van der Waals surface area contributed by atoms with Gasteiger partial charge in [0.2, 0.25) is 0 Å². The number of Topliss-reactive ketones (excluding diaryl/α,β-unsaturated/α-hetero) is 1. The van der Waals surface area contributed by atoms with E-state index in [0.29, 0.717) is 6.54 Å². The molecule has 0 atom stereocenters. The fourth-order valence-corrected chi connectivity index (χ4v) is 2.01. The molecule has 0 unspecified atom stereocenters. The highest BCUT2D eigenvalue weighted by Crippen LogP contribution is 2.23. The molecule has 0 spiro atoms. The molecule has 0 radical (unpaired) electrons. The number of hydrogen-bond acceptors (Lipinski definition) is 5. The summed E-state index contributed by atoms with van der Waals surface area (Å²) in [5.74, 6) is 0.354. The first-order valence-corrected chi connectivity index (χ1v) is 6.24. The minimum Gasteiger partial charge on any atom is -0.508 e. The molecule has 1 aromatic heterocycles. The van der Waals surface area contributed by atoms with Crippen molar-refractivity contribution >= 4 is 5.78 Å². The van der Waals surface area contributed by atoms with Crippen LogP contribution >= 0.6 is 0 Å². The van der Waals surface area contributed by atoms with Crippen LogP contribution < -0.4 is 0 Å². The summed E-state index contributed by atoms with van der Waals surface area (Å²) in [6.07, 6.45) is 1.62. The van der Waals surface area contributed by atoms with Gasteiger partial charge in [-0.2, -0.15) is 0 Å². The van der Waals surface area contributed by atoms with Crippen molar-refractivity contribution in [1.82, 2.24) is 4.90 Å². The van der Waals surface area contributed by atoms with Crippen LogP contribution in [0.4, 0.5) is 0 Å². The van der Waals surface area contributed by atoms with E-state index in [4.69, 9.17) is 4.42 Å². The Kier molecular flexibility index (Phi) is 4.10. The van der Waals surface area contributed by atoms with Crippen LogP contribution in [0.5, 0.6) is 11.5 Å². The molecule has 2 rings (SSSR count). The van der Waals surface area contributed by atoms with Gasteiger partial charge in [-0.15, -0.1) is 0 Å². The summed E-state index contributed by atoms with van der Waals surface area (Å²) in [6.45, 7) is 2.63. The second kappa shape index (κ2) is 5.79. The van der Waals surface area contributed by atoms with Crippen molar-refractivity contribution in [3.05, 3.63) is 47.4 Å². The minimum atomic E-state index is -0.206. The monoisotopic (exact) mass is 275 g/mol. The maximum absolute atomic E-state index is 12.1. The number of ketones is 1. The summed E-state index contributed by atoms with van der Waals surface area (Å²) < 4.78 is 5.21. The SMILES string of the molecule is Cc1occc1CN(C)CC(=O)c1ccc(O)cc1O. The van der Waals surface area contributed by atoms with E-state index < -0.39 is 0 Å². The van der Waals surface area contributed by atoms with Crippen molar-refractivity contribution in [3.63, 3.8) is 0 Å². The molecule has 0 bridgehead atoms. The van der Waals surface area contributed by atoms with Crippen molar-refractivity contribution < 1.29 is 19.4 Å². The molecule has 1 heterocycles. The van der Waals surface area contributed by atoms with Gasteiger partial charge in [0.15, 0.2) is 5.78 Å². The van der Waals surface area contributed by atoms with Gasteiger partial charge in [-0.05, 0) is 32.2 Å². The molecule has 106 valence electrons. The number of likely N-dealkylation sites (N-methyl/N-ethyl adjacent to an activating group) is 1. The van der Waals surface area contributed by atoms with E-state index in [1.807, 2.05) is 24.9 Å². The first kappa shape index (κ1) is 14.1. The zero-order valence-corrected chi connectivity index (χ0v) is 11.5. The van der Waals surface area contributed by atoms with Gasteiger partial charge >= 0.3 is 0 Å². The summed E-state index contributed by atoms with van der Waals surface area (Å²) in [5, 5.41) is 18.9. The Hall–Kier alpha value is -2.27. The maximum atomic E-state index is 12.1. The molecule has 2 aromatic rings. The normalized spacial score (nSPS) is 10.9. The van der Waals surface area contributed by atoms with Crippen LogP contribution in [0, 0.1) is 6.92 Å². The number of carbonyl (C=O) groups excluding carboxylic acids is 1. The summed E-state index contributed by atoms with van der Waals surface area (Å²) >= 11 is 0. The standard InChI is InChI=1S/C15H17NO4/c1-10-11(5-6-20-10)8-16(2)9-15(19)13-4-3-12(17)7-14(13)18/h3-7,17-18H,8-9H2,1-2H3. The summed E-state index contributed by atoms with van der Waals surface area (Å²) in [7, 11) is 1.82. The van der Waals surface area contributed by atoms with E-state index in [2.05, 4.69) is 0 Å². The number of nitrogens with zero attached hydrogens (tertiary/aromatic N) is 1. The number of aromatic hydroxyl groups is 2. The molecule has 20 heavy (non-hydrogen) atoms. The predicted molar refractivity (Wildman–Crippen MR) is 73.9 cm³/mol. The third-order valence-electron chi connectivity index (χ3n) is 3.10. The van der Waals surface area contributed by atoms with Gasteiger partial charge in [-0.1, -0.05) is 0 Å². The summed E-state index contributed by atoms with van der Waals surface area (Å²) in [5.41, 5.74) is 1.23. The third kappa shape index (κ3) is 3.19. The molecule has 0 saturated heterocycles. The number of aryl methyl sites for hydroxylation is 1. The van der Waals surface area contributed by atoms with E-state index in [1.165, 1.54) is 12.1 Å². The smallest absolute Gasteiger partial charge is 0.180 e. The summed E-state index contributed by atoms with van der Waals surface area (Å²) in [4.78, 5) is 13.9. The number of hydrogen-bond donors (Lipinski definition) is 2. The lowest BCUT2D eigenvalue weighted by atomic mass is 10.1. The van der Waals surface area contributed by atoms with Crippen molar-refractivity contribution in [2.24, 2.45) is 0 Å². The lowest BCUT2D eigenvalue weighted by Gasteiger charge is -2.15. The van der Waals surface area contributed by atoms with Crippen LogP contribution in [0.15, 0.2) is 34.9 Å². The van der Waals surface area contributed by atoms with Gasteiger partial charge in [0.05, 0.1) is 18.4 Å². The second-order valence-electron chi connectivity index (χ2n) is 4.80. The Morgan fingerprint density at radius 1 is 1.30 bits per heavy atom. The Labute approximate surface area is 117 Å². The topological polar surface area (TPSA) is 73.9 Å². The van der Waals surface area contributed by atoms with Gasteiger partial charge in [0.25, 0.3) is 0 Å². The minimum absolute atomic E-state index is 0.0681. The fourth-order valence-electron chi connectivity index (χ4n) is 2.01. The average molecular weight is 275 g/mol. The van der Waals surface area contributed by atoms with E-state index in [0.717, 1.165) is 17.4 Å². The zero-order chi connectivity index (χ0) is 14.7. The first-order valence-electron chi connectivity index (χ1n) is 6.24. The zero-order valence-electron chi connectivity index (χ0n) is 11.5. The maximum Gasteiger partial charge on any atom is 0.180 e. The Bertz CT molecular complexity index is 618. The molecule has 0 aliphatic carbocycles. The largest absolute Gasteiger partial charge is 0.508 e. The number of carbonyl (C=O) groups is 1. The number of phenols is 2. The van der Waals surface area contributed by atoms with Gasteiger partial charge in [0.1, 0.15) is 17.3 Å². The fraction of sp³-hybridized carbons (Fsp3) is 0.267. The molecule has 2 N–H and O–H groups in total. The lowest BCUT2D eigenvalue weighted by Crippen LogP contribution is -2.25. The molecule has 5 heteroatoms. The van der Waals surface area contributed by atoms with Crippen LogP contribution in [0.2, 0.25) is 0 Å². The molecule has 0 aliphatic heterocycles. The Balaban J connectivity index is 2.02. The highest BCUT2D eigenvalue weighted by molar-refractivity contribution is 6.00. The average Bonchev–Trinajstić information content (AvgIpc) is 2.74. The van der Waals surface area contributed by atoms with E-state index in [1.54, 1.807) is 6.26 Å². The first-order chi connectivity index (χ1) is 9.47. The number of phenolic OH excluding ortho intramolecular Hbond substituents is 2. The van der Waals surface area contributed by atoms with E-state index >= 15 is 0 Å². The van der Waals surface area contributed by atoms with Gasteiger partial charge in [0, 0.05) is 18.2 Å². The highest BCUT2D eigenvalue weighted by Gasteiger charge is 2.15. The predicted octanol–water partition coefficient (Wildman–Crippen LogP) is 2.31. The molecule has 5 nitrogen and oxygen atoms in total. The number of benzene rings is 1. The number of rotatable bonds is 5. The van der Waals surface area contributed by atoms with Crippen molar-refractivity contribution in [2.45, 2.75) is 13.5 Å². The van der Waals surface area contributed by atoms with Gasteiger partial charge in [-0.25, -0.2) is 0 Å². The van der Waals surface area contributed by atoms with Crippen LogP contribution in [-0.2, 0) is 6.54 Å². The Morgan fingerprint density at radius 3 is 2.65 bits per heavy atom. The lowest BCUT2D eigenvalue weighted by molar-refractivity contribution is 0.0940. The molecular weight excluding hydrogens is 258 g/mol. The molecule has 0 fully saturated rings. The van der Waals surface area contributed by atoms with Gasteiger partial charge in [-0.3, -0.25) is 9.69 Å². The van der Waals surface area contributed by atoms with Crippen LogP contribution in [0.25, 0.3) is 0 Å². The van der Waals surface area contributed by atoms with Crippen LogP contribution in [0.3, 0.4) is 0 Å². The van der Waals surface area contributed by atoms with Crippen LogP contribution in [-0.4, -0.2) is 34.5 Å². The molecular formula is C15H17NO4. The molecule has 0 saturated carbocycles. The molecule has 0 aliphatic rings. The highest BCUT2D eigenvalue weighted by atomic mass is 16.3. The van der Waals surface area contributed by atoms with Crippen LogP contribution in [0.1, 0.15) is 21.7 Å². The van der Waals surface area contributed by atoms with Crippen molar-refractivity contribution in [2.75, 3.05) is 13.6 Å². The van der Waals surface area contributed by atoms with E-state index in [9.17, 15) is 15.0 Å². The second-order valence-corrected chi connectivity index (χ2v) is 4.80. The van der Waals surface area contributed by atoms with Gasteiger partial charge < -0.3 is 14.6 Å². The number of furan rings is 1. The third-order valence-corrected chi connectivity index (χ3v) is 3.10. The summed E-state index contributed by atoms with van der Waals surface area (Å²) in [6, 6.07) is 5.83. The quantitative estimate of drug-likeness (QED) is 0.819. The molecule has 1 aromatic carbocycles. The van der Waals surface area contributed by atoms with E-state index in [-0.39, 0.29) is 29.4 Å². The molecule has 0 amide bonds. The van der Waals surface area contributed by atoms with Crippen molar-refractivity contribution in [1.29, 1.82) is 0 Å². The Morgan fingerprint density at radius 2 is 2.05 bits per heavy atom.